The van der Waals surface area contributed by atoms with Gasteiger partial charge in [-0.25, -0.2) is 8.42 Å². The lowest BCUT2D eigenvalue weighted by atomic mass is 10.0. The van der Waals surface area contributed by atoms with E-state index in [0.717, 1.165) is 11.3 Å². The normalized spacial score (nSPS) is 11.8. The molecule has 0 aliphatic rings. The van der Waals surface area contributed by atoms with Gasteiger partial charge in [0.25, 0.3) is 0 Å². The smallest absolute Gasteiger partial charge is 0.160 e. The highest BCUT2D eigenvalue weighted by Crippen LogP contribution is 2.17. The first-order valence-electron chi connectivity index (χ1n) is 6.94. The van der Waals surface area contributed by atoms with Crippen LogP contribution in [0.2, 0.25) is 0 Å². The van der Waals surface area contributed by atoms with Crippen LogP contribution in [-0.2, 0) is 21.3 Å². The fourth-order valence-corrected chi connectivity index (χ4v) is 3.44. The van der Waals surface area contributed by atoms with Crippen molar-refractivity contribution in [3.05, 3.63) is 58.9 Å². The molecule has 0 atom stereocenters. The van der Waals surface area contributed by atoms with E-state index in [9.17, 15) is 8.42 Å². The predicted octanol–water partition coefficient (Wildman–Crippen LogP) is 3.02. The molecule has 0 radical (unpaired) electrons. The minimum atomic E-state index is -3.24. The molecular weight excluding hydrogens is 284 g/mol. The van der Waals surface area contributed by atoms with Crippen molar-refractivity contribution in [2.24, 2.45) is 0 Å². The van der Waals surface area contributed by atoms with Gasteiger partial charge in [-0.1, -0.05) is 38.1 Å². The molecule has 1 heterocycles. The molecule has 2 aromatic rings. The molecule has 2 rings (SSSR count). The summed E-state index contributed by atoms with van der Waals surface area (Å²) in [6.07, 6.45) is 0. The Morgan fingerprint density at radius 1 is 0.952 bits per heavy atom. The van der Waals surface area contributed by atoms with Crippen molar-refractivity contribution in [3.8, 4) is 0 Å². The van der Waals surface area contributed by atoms with E-state index in [2.05, 4.69) is 24.0 Å². The Bertz CT molecular complexity index is 690. The van der Waals surface area contributed by atoms with Gasteiger partial charge in [-0.15, -0.1) is 0 Å². The molecule has 0 unspecified atom stereocenters. The Kier molecular flexibility index (Phi) is 4.73. The highest BCUT2D eigenvalue weighted by molar-refractivity contribution is 7.89. The van der Waals surface area contributed by atoms with Gasteiger partial charge < -0.3 is 0 Å². The van der Waals surface area contributed by atoms with Crippen LogP contribution in [0.5, 0.6) is 0 Å². The fourth-order valence-electron chi connectivity index (χ4n) is 2.03. The molecule has 4 nitrogen and oxygen atoms in total. The molecule has 21 heavy (non-hydrogen) atoms. The molecule has 0 aliphatic carbocycles. The molecule has 0 N–H and O–H groups in total. The summed E-state index contributed by atoms with van der Waals surface area (Å²) in [4.78, 5) is 0. The molecule has 5 heteroatoms. The van der Waals surface area contributed by atoms with Gasteiger partial charge in [-0.05, 0) is 36.1 Å². The minimum Gasteiger partial charge on any atom is -0.228 e. The highest BCUT2D eigenvalue weighted by Gasteiger charge is 2.14. The Morgan fingerprint density at radius 2 is 1.62 bits per heavy atom. The molecule has 1 aromatic heterocycles. The number of hydrogen-bond acceptors (Lipinski definition) is 4. The van der Waals surface area contributed by atoms with Gasteiger partial charge in [0.2, 0.25) is 0 Å². The molecule has 0 aliphatic heterocycles. The van der Waals surface area contributed by atoms with Gasteiger partial charge in [0.1, 0.15) is 0 Å². The first-order chi connectivity index (χ1) is 9.85. The van der Waals surface area contributed by atoms with Gasteiger partial charge in [0.15, 0.2) is 9.84 Å². The summed E-state index contributed by atoms with van der Waals surface area (Å²) in [5, 5.41) is 7.80. The van der Waals surface area contributed by atoms with Gasteiger partial charge >= 0.3 is 0 Å². The van der Waals surface area contributed by atoms with Crippen LogP contribution in [0.4, 0.5) is 0 Å². The topological polar surface area (TPSA) is 59.9 Å². The van der Waals surface area contributed by atoms with Gasteiger partial charge in [-0.3, -0.25) is 0 Å². The summed E-state index contributed by atoms with van der Waals surface area (Å²) in [6, 6.07) is 11.2. The zero-order valence-corrected chi connectivity index (χ0v) is 13.4. The lowest BCUT2D eigenvalue weighted by Gasteiger charge is -2.07. The number of hydrogen-bond donors (Lipinski definition) is 0. The molecule has 1 aromatic carbocycles. The van der Waals surface area contributed by atoms with Crippen LogP contribution in [0.15, 0.2) is 36.4 Å². The maximum absolute atomic E-state index is 12.2. The van der Waals surface area contributed by atoms with Crippen molar-refractivity contribution >= 4 is 9.84 Å². The number of sulfone groups is 1. The van der Waals surface area contributed by atoms with E-state index < -0.39 is 9.84 Å². The summed E-state index contributed by atoms with van der Waals surface area (Å²) in [6.45, 7) is 6.05. The van der Waals surface area contributed by atoms with Crippen LogP contribution in [0.3, 0.4) is 0 Å². The largest absolute Gasteiger partial charge is 0.228 e. The first kappa shape index (κ1) is 15.6. The van der Waals surface area contributed by atoms with Gasteiger partial charge in [0.05, 0.1) is 22.9 Å². The molecule has 0 amide bonds. The Labute approximate surface area is 126 Å². The average molecular weight is 304 g/mol. The van der Waals surface area contributed by atoms with Crippen molar-refractivity contribution in [2.75, 3.05) is 0 Å². The second kappa shape index (κ2) is 6.35. The van der Waals surface area contributed by atoms with Crippen LogP contribution in [0.25, 0.3) is 0 Å². The molecule has 0 saturated carbocycles. The standard InChI is InChI=1S/C16H20N2O2S/c1-12(2)15-7-5-14(6-8-15)10-21(19,20)11-16-9-4-13(3)17-18-16/h4-9,12H,10-11H2,1-3H3. The van der Waals surface area contributed by atoms with Crippen LogP contribution < -0.4 is 0 Å². The summed E-state index contributed by atoms with van der Waals surface area (Å²) in [7, 11) is -3.24. The predicted molar refractivity (Wildman–Crippen MR) is 83.6 cm³/mol. The third-order valence-corrected chi connectivity index (χ3v) is 4.76. The van der Waals surface area contributed by atoms with Crippen LogP contribution in [0.1, 0.15) is 42.3 Å². The minimum absolute atomic E-state index is 0.0287. The summed E-state index contributed by atoms with van der Waals surface area (Å²) in [5.74, 6) is 0.395. The molecule has 0 saturated heterocycles. The van der Waals surface area contributed by atoms with Gasteiger partial charge in [0, 0.05) is 0 Å². The van der Waals surface area contributed by atoms with Crippen LogP contribution in [0, 0.1) is 6.92 Å². The zero-order chi connectivity index (χ0) is 15.5. The summed E-state index contributed by atoms with van der Waals surface area (Å²) in [5.41, 5.74) is 3.28. The summed E-state index contributed by atoms with van der Waals surface area (Å²) < 4.78 is 24.4. The Morgan fingerprint density at radius 3 is 2.14 bits per heavy atom. The Hall–Kier alpha value is -1.75. The maximum atomic E-state index is 12.2. The van der Waals surface area contributed by atoms with Crippen LogP contribution >= 0.6 is 0 Å². The number of aryl methyl sites for hydroxylation is 1. The number of rotatable bonds is 5. The second-order valence-corrected chi connectivity index (χ2v) is 7.66. The second-order valence-electron chi connectivity index (χ2n) is 5.59. The number of benzene rings is 1. The van der Waals surface area contributed by atoms with E-state index in [0.29, 0.717) is 11.6 Å². The number of aromatic nitrogens is 2. The number of nitrogens with zero attached hydrogens (tertiary/aromatic N) is 2. The van der Waals surface area contributed by atoms with E-state index in [1.54, 1.807) is 12.1 Å². The molecule has 112 valence electrons. The lowest BCUT2D eigenvalue weighted by Crippen LogP contribution is -2.09. The lowest BCUT2D eigenvalue weighted by molar-refractivity contribution is 0.593. The van der Waals surface area contributed by atoms with Gasteiger partial charge in [-0.2, -0.15) is 10.2 Å². The SMILES string of the molecule is Cc1ccc(CS(=O)(=O)Cc2ccc(C(C)C)cc2)nn1. The van der Waals surface area contributed by atoms with E-state index in [1.165, 1.54) is 5.56 Å². The van der Waals surface area contributed by atoms with Crippen LogP contribution in [-0.4, -0.2) is 18.6 Å². The van der Waals surface area contributed by atoms with E-state index in [4.69, 9.17) is 0 Å². The Balaban J connectivity index is 2.08. The average Bonchev–Trinajstić information content (AvgIpc) is 2.41. The third kappa shape index (κ3) is 4.63. The fraction of sp³-hybridized carbons (Fsp3) is 0.375. The monoisotopic (exact) mass is 304 g/mol. The van der Waals surface area contributed by atoms with Crippen molar-refractivity contribution in [1.82, 2.24) is 10.2 Å². The molecule has 0 fully saturated rings. The quantitative estimate of drug-likeness (QED) is 0.852. The zero-order valence-electron chi connectivity index (χ0n) is 12.6. The van der Waals surface area contributed by atoms with E-state index in [-0.39, 0.29) is 11.5 Å². The van der Waals surface area contributed by atoms with Crippen molar-refractivity contribution < 1.29 is 8.42 Å². The summed E-state index contributed by atoms with van der Waals surface area (Å²) >= 11 is 0. The van der Waals surface area contributed by atoms with Crippen molar-refractivity contribution in [2.45, 2.75) is 38.2 Å². The third-order valence-electron chi connectivity index (χ3n) is 3.25. The highest BCUT2D eigenvalue weighted by atomic mass is 32.2. The molecule has 0 bridgehead atoms. The van der Waals surface area contributed by atoms with Crippen molar-refractivity contribution in [3.63, 3.8) is 0 Å². The van der Waals surface area contributed by atoms with E-state index in [1.807, 2.05) is 31.2 Å². The molecular formula is C16H20N2O2S. The van der Waals surface area contributed by atoms with Crippen molar-refractivity contribution in [1.29, 1.82) is 0 Å². The van der Waals surface area contributed by atoms with E-state index >= 15 is 0 Å². The maximum Gasteiger partial charge on any atom is 0.160 e. The molecule has 0 spiro atoms. The first-order valence-corrected chi connectivity index (χ1v) is 8.76.